The van der Waals surface area contributed by atoms with Crippen molar-refractivity contribution in [2.75, 3.05) is 25.0 Å². The number of ether oxygens (including phenoxy) is 1. The number of amides is 2. The van der Waals surface area contributed by atoms with Crippen molar-refractivity contribution in [1.29, 1.82) is 0 Å². The zero-order chi connectivity index (χ0) is 15.4. The molecule has 1 atom stereocenters. The molecular formula is C14H17BrN2O4. The second-order valence-corrected chi connectivity index (χ2v) is 5.82. The monoisotopic (exact) mass is 356 g/mol. The maximum Gasteiger partial charge on any atom is 0.337 e. The van der Waals surface area contributed by atoms with Gasteiger partial charge in [-0.25, -0.2) is 9.59 Å². The minimum Gasteiger partial charge on any atom is -0.478 e. The van der Waals surface area contributed by atoms with Crippen LogP contribution in [-0.2, 0) is 4.74 Å². The summed E-state index contributed by atoms with van der Waals surface area (Å²) >= 11 is 3.22. The number of carbonyl (C=O) groups is 2. The lowest BCUT2D eigenvalue weighted by molar-refractivity contribution is 0.0696. The highest BCUT2D eigenvalue weighted by atomic mass is 79.9. The molecule has 2 N–H and O–H groups in total. The number of aromatic carboxylic acids is 1. The molecule has 1 unspecified atom stereocenters. The molecule has 1 fully saturated rings. The number of carboxylic acids is 1. The molecule has 21 heavy (non-hydrogen) atoms. The molecule has 0 aromatic heterocycles. The van der Waals surface area contributed by atoms with Crippen LogP contribution >= 0.6 is 15.9 Å². The highest BCUT2D eigenvalue weighted by Gasteiger charge is 2.21. The fraction of sp³-hybridized carbons (Fsp3) is 0.429. The third-order valence-corrected chi connectivity index (χ3v) is 3.69. The number of rotatable bonds is 2. The number of carboxylic acid groups (broad SMARTS) is 1. The van der Waals surface area contributed by atoms with E-state index in [1.165, 1.54) is 6.07 Å². The molecule has 1 aliphatic rings. The number of urea groups is 1. The summed E-state index contributed by atoms with van der Waals surface area (Å²) in [5, 5.41) is 11.9. The van der Waals surface area contributed by atoms with E-state index in [2.05, 4.69) is 21.2 Å². The number of nitrogens with one attached hydrogen (secondary N) is 1. The molecule has 1 heterocycles. The summed E-state index contributed by atoms with van der Waals surface area (Å²) in [7, 11) is 0. The second-order valence-electron chi connectivity index (χ2n) is 4.91. The fourth-order valence-corrected chi connectivity index (χ4v) is 2.54. The topological polar surface area (TPSA) is 78.9 Å². The third kappa shape index (κ3) is 4.18. The van der Waals surface area contributed by atoms with Gasteiger partial charge in [-0.15, -0.1) is 0 Å². The lowest BCUT2D eigenvalue weighted by atomic mass is 10.2. The van der Waals surface area contributed by atoms with E-state index in [1.807, 2.05) is 6.92 Å². The number of anilines is 1. The van der Waals surface area contributed by atoms with Crippen LogP contribution in [0.15, 0.2) is 22.7 Å². The number of hydrogen-bond acceptors (Lipinski definition) is 3. The Labute approximate surface area is 131 Å². The van der Waals surface area contributed by atoms with Gasteiger partial charge in [0.15, 0.2) is 0 Å². The summed E-state index contributed by atoms with van der Waals surface area (Å²) < 4.78 is 6.14. The quantitative estimate of drug-likeness (QED) is 0.853. The Hall–Kier alpha value is -1.60. The Kier molecular flexibility index (Phi) is 5.19. The molecule has 0 spiro atoms. The Balaban J connectivity index is 2.13. The van der Waals surface area contributed by atoms with Crippen LogP contribution in [0.3, 0.4) is 0 Å². The number of nitrogens with zero attached hydrogens (tertiary/aromatic N) is 1. The van der Waals surface area contributed by atoms with E-state index in [1.54, 1.807) is 17.0 Å². The Morgan fingerprint density at radius 2 is 2.24 bits per heavy atom. The summed E-state index contributed by atoms with van der Waals surface area (Å²) in [6.07, 6.45) is 0.742. The first kappa shape index (κ1) is 15.8. The SMILES string of the molecule is CC1CN(C(=O)Nc2ccc(Br)cc2C(=O)O)CCCO1. The van der Waals surface area contributed by atoms with Crippen molar-refractivity contribution in [3.8, 4) is 0 Å². The second kappa shape index (κ2) is 6.91. The van der Waals surface area contributed by atoms with Crippen LogP contribution in [0.4, 0.5) is 10.5 Å². The molecular weight excluding hydrogens is 340 g/mol. The molecule has 1 aromatic rings. The van der Waals surface area contributed by atoms with Crippen LogP contribution in [0, 0.1) is 0 Å². The Bertz CT molecular complexity index is 550. The van der Waals surface area contributed by atoms with Crippen molar-refractivity contribution >= 4 is 33.6 Å². The van der Waals surface area contributed by atoms with Gasteiger partial charge in [-0.1, -0.05) is 15.9 Å². The molecule has 0 saturated carbocycles. The van der Waals surface area contributed by atoms with Gasteiger partial charge in [0.2, 0.25) is 0 Å². The van der Waals surface area contributed by atoms with E-state index < -0.39 is 5.97 Å². The van der Waals surface area contributed by atoms with E-state index in [4.69, 9.17) is 4.74 Å². The van der Waals surface area contributed by atoms with Gasteiger partial charge in [0, 0.05) is 24.2 Å². The maximum atomic E-state index is 12.3. The van der Waals surface area contributed by atoms with E-state index >= 15 is 0 Å². The van der Waals surface area contributed by atoms with Gasteiger partial charge < -0.3 is 20.1 Å². The molecule has 0 aliphatic carbocycles. The lowest BCUT2D eigenvalue weighted by Crippen LogP contribution is -2.39. The molecule has 0 bridgehead atoms. The summed E-state index contributed by atoms with van der Waals surface area (Å²) in [5.74, 6) is -1.08. The Morgan fingerprint density at radius 3 is 2.95 bits per heavy atom. The summed E-state index contributed by atoms with van der Waals surface area (Å²) in [6, 6.07) is 4.42. The molecule has 2 rings (SSSR count). The molecule has 2 amide bonds. The summed E-state index contributed by atoms with van der Waals surface area (Å²) in [4.78, 5) is 25.2. The van der Waals surface area contributed by atoms with Crippen LogP contribution in [0.25, 0.3) is 0 Å². The molecule has 0 radical (unpaired) electrons. The molecule has 1 aromatic carbocycles. The van der Waals surface area contributed by atoms with E-state index in [0.717, 1.165) is 6.42 Å². The predicted molar refractivity (Wildman–Crippen MR) is 81.7 cm³/mol. The first-order valence-corrected chi connectivity index (χ1v) is 7.47. The van der Waals surface area contributed by atoms with Crippen molar-refractivity contribution in [3.05, 3.63) is 28.2 Å². The smallest absolute Gasteiger partial charge is 0.337 e. The van der Waals surface area contributed by atoms with Crippen LogP contribution in [-0.4, -0.2) is 47.8 Å². The van der Waals surface area contributed by atoms with Crippen LogP contribution in [0.1, 0.15) is 23.7 Å². The average molecular weight is 357 g/mol. The first-order valence-electron chi connectivity index (χ1n) is 6.67. The minimum atomic E-state index is -1.08. The minimum absolute atomic E-state index is 0.0258. The van der Waals surface area contributed by atoms with Crippen molar-refractivity contribution in [1.82, 2.24) is 4.90 Å². The first-order chi connectivity index (χ1) is 9.97. The van der Waals surface area contributed by atoms with Crippen molar-refractivity contribution in [3.63, 3.8) is 0 Å². The fourth-order valence-electron chi connectivity index (χ4n) is 2.18. The molecule has 1 saturated heterocycles. The third-order valence-electron chi connectivity index (χ3n) is 3.19. The van der Waals surface area contributed by atoms with Gasteiger partial charge >= 0.3 is 12.0 Å². The van der Waals surface area contributed by atoms with Crippen LogP contribution in [0.2, 0.25) is 0 Å². The molecule has 114 valence electrons. The maximum absolute atomic E-state index is 12.3. The van der Waals surface area contributed by atoms with E-state index in [0.29, 0.717) is 24.2 Å². The van der Waals surface area contributed by atoms with Gasteiger partial charge in [0.1, 0.15) is 0 Å². The normalized spacial score (nSPS) is 19.0. The molecule has 7 heteroatoms. The number of hydrogen-bond donors (Lipinski definition) is 2. The number of benzene rings is 1. The van der Waals surface area contributed by atoms with Gasteiger partial charge in [0.25, 0.3) is 0 Å². The predicted octanol–water partition coefficient (Wildman–Crippen LogP) is 2.79. The van der Waals surface area contributed by atoms with Gasteiger partial charge in [0.05, 0.1) is 17.4 Å². The largest absolute Gasteiger partial charge is 0.478 e. The van der Waals surface area contributed by atoms with Crippen molar-refractivity contribution in [2.45, 2.75) is 19.4 Å². The standard InChI is InChI=1S/C14H17BrN2O4/c1-9-8-17(5-2-6-21-9)14(20)16-12-4-3-10(15)7-11(12)13(18)19/h3-4,7,9H,2,5-6,8H2,1H3,(H,16,20)(H,18,19). The lowest BCUT2D eigenvalue weighted by Gasteiger charge is -2.23. The summed E-state index contributed by atoms with van der Waals surface area (Å²) in [5.41, 5.74) is 0.338. The number of halogens is 1. The highest BCUT2D eigenvalue weighted by Crippen LogP contribution is 2.22. The molecule has 6 nitrogen and oxygen atoms in total. The highest BCUT2D eigenvalue weighted by molar-refractivity contribution is 9.10. The molecule has 1 aliphatic heterocycles. The van der Waals surface area contributed by atoms with Crippen LogP contribution < -0.4 is 5.32 Å². The van der Waals surface area contributed by atoms with Gasteiger partial charge in [-0.3, -0.25) is 0 Å². The zero-order valence-corrected chi connectivity index (χ0v) is 13.2. The van der Waals surface area contributed by atoms with Crippen molar-refractivity contribution in [2.24, 2.45) is 0 Å². The van der Waals surface area contributed by atoms with Gasteiger partial charge in [-0.05, 0) is 31.5 Å². The summed E-state index contributed by atoms with van der Waals surface area (Å²) in [6.45, 7) is 3.62. The van der Waals surface area contributed by atoms with E-state index in [9.17, 15) is 14.7 Å². The van der Waals surface area contributed by atoms with Crippen molar-refractivity contribution < 1.29 is 19.4 Å². The zero-order valence-electron chi connectivity index (χ0n) is 11.6. The number of carbonyl (C=O) groups excluding carboxylic acids is 1. The Morgan fingerprint density at radius 1 is 1.48 bits per heavy atom. The van der Waals surface area contributed by atoms with Gasteiger partial charge in [-0.2, -0.15) is 0 Å². The van der Waals surface area contributed by atoms with Crippen LogP contribution in [0.5, 0.6) is 0 Å². The average Bonchev–Trinajstić information content (AvgIpc) is 2.65. The van der Waals surface area contributed by atoms with E-state index in [-0.39, 0.29) is 23.4 Å².